The summed E-state index contributed by atoms with van der Waals surface area (Å²) in [5, 5.41) is 0.451. The van der Waals surface area contributed by atoms with Gasteiger partial charge in [0.05, 0.1) is 6.61 Å². The Bertz CT molecular complexity index is 373. The Morgan fingerprint density at radius 2 is 2.06 bits per heavy atom. The van der Waals surface area contributed by atoms with Gasteiger partial charge in [0.15, 0.2) is 5.11 Å². The minimum Gasteiger partial charge on any atom is -0.494 e. The lowest BCUT2D eigenvalue weighted by atomic mass is 10.2. The smallest absolute Gasteiger partial charge is 0.171 e. The van der Waals surface area contributed by atoms with E-state index in [1.54, 1.807) is 0 Å². The quantitative estimate of drug-likeness (QED) is 0.814. The highest BCUT2D eigenvalue weighted by Crippen LogP contribution is 2.32. The van der Waals surface area contributed by atoms with E-state index in [9.17, 15) is 0 Å². The number of nitrogens with two attached hydrogens (primary N) is 1. The Hall–Kier alpha value is -1.29. The molecular weight excluding hydrogens is 220 g/mol. The Balaban J connectivity index is 2.15. The van der Waals surface area contributed by atoms with Crippen molar-refractivity contribution in [3.8, 4) is 5.75 Å². The number of hydrogen-bond donors (Lipinski definition) is 1. The standard InChI is InChI=1S/C12H16N2OS/c1-2-15-11-7-5-10(6-8-11)14(12(13)16)9-3-4-9/h5-9H,2-4H2,1H3,(H2,13,16). The van der Waals surface area contributed by atoms with E-state index < -0.39 is 0 Å². The highest BCUT2D eigenvalue weighted by Gasteiger charge is 2.30. The fraction of sp³-hybridized carbons (Fsp3) is 0.417. The molecule has 0 aliphatic heterocycles. The molecule has 2 rings (SSSR count). The summed E-state index contributed by atoms with van der Waals surface area (Å²) in [6, 6.07) is 8.40. The number of rotatable bonds is 4. The van der Waals surface area contributed by atoms with Crippen LogP contribution in [-0.4, -0.2) is 17.8 Å². The molecule has 0 heterocycles. The summed E-state index contributed by atoms with van der Waals surface area (Å²) in [5.74, 6) is 0.880. The SMILES string of the molecule is CCOc1ccc(N(C(N)=S)C2CC2)cc1. The van der Waals surface area contributed by atoms with Crippen molar-refractivity contribution >= 4 is 23.0 Å². The van der Waals surface area contributed by atoms with Crippen LogP contribution in [0.2, 0.25) is 0 Å². The van der Waals surface area contributed by atoms with Gasteiger partial charge in [-0.3, -0.25) is 0 Å². The average molecular weight is 236 g/mol. The molecule has 1 fully saturated rings. The first-order valence-electron chi connectivity index (χ1n) is 5.54. The number of ether oxygens (including phenoxy) is 1. The zero-order valence-electron chi connectivity index (χ0n) is 9.35. The predicted octanol–water partition coefficient (Wildman–Crippen LogP) is 2.30. The van der Waals surface area contributed by atoms with Gasteiger partial charge in [-0.1, -0.05) is 0 Å². The van der Waals surface area contributed by atoms with Crippen molar-refractivity contribution in [3.05, 3.63) is 24.3 Å². The first-order chi connectivity index (χ1) is 7.72. The van der Waals surface area contributed by atoms with Crippen molar-refractivity contribution in [2.45, 2.75) is 25.8 Å². The maximum absolute atomic E-state index is 5.73. The largest absolute Gasteiger partial charge is 0.494 e. The van der Waals surface area contributed by atoms with Gasteiger partial charge < -0.3 is 15.4 Å². The van der Waals surface area contributed by atoms with E-state index in [0.717, 1.165) is 11.4 Å². The minimum absolute atomic E-state index is 0.451. The molecule has 0 atom stereocenters. The lowest BCUT2D eigenvalue weighted by Gasteiger charge is -2.22. The maximum Gasteiger partial charge on any atom is 0.171 e. The Morgan fingerprint density at radius 3 is 2.50 bits per heavy atom. The van der Waals surface area contributed by atoms with Crippen LogP contribution in [0.15, 0.2) is 24.3 Å². The van der Waals surface area contributed by atoms with E-state index in [-0.39, 0.29) is 0 Å². The number of benzene rings is 1. The van der Waals surface area contributed by atoms with E-state index in [2.05, 4.69) is 0 Å². The monoisotopic (exact) mass is 236 g/mol. The fourth-order valence-electron chi connectivity index (χ4n) is 1.72. The van der Waals surface area contributed by atoms with Gasteiger partial charge in [0.1, 0.15) is 5.75 Å². The van der Waals surface area contributed by atoms with Gasteiger partial charge in [0, 0.05) is 11.7 Å². The Kier molecular flexibility index (Phi) is 3.29. The predicted molar refractivity (Wildman–Crippen MR) is 69.9 cm³/mol. The van der Waals surface area contributed by atoms with Gasteiger partial charge in [-0.25, -0.2) is 0 Å². The number of anilines is 1. The molecule has 0 saturated heterocycles. The van der Waals surface area contributed by atoms with E-state index in [1.807, 2.05) is 36.1 Å². The van der Waals surface area contributed by atoms with Crippen LogP contribution >= 0.6 is 12.2 Å². The van der Waals surface area contributed by atoms with Gasteiger partial charge in [-0.15, -0.1) is 0 Å². The molecule has 4 heteroatoms. The van der Waals surface area contributed by atoms with Crippen LogP contribution in [0, 0.1) is 0 Å². The maximum atomic E-state index is 5.73. The first kappa shape index (κ1) is 11.2. The van der Waals surface area contributed by atoms with Crippen molar-refractivity contribution in [1.29, 1.82) is 0 Å². The van der Waals surface area contributed by atoms with Gasteiger partial charge in [-0.05, 0) is 56.2 Å². The van der Waals surface area contributed by atoms with Crippen LogP contribution in [0.1, 0.15) is 19.8 Å². The van der Waals surface area contributed by atoms with Crippen molar-refractivity contribution in [1.82, 2.24) is 0 Å². The van der Waals surface area contributed by atoms with Crippen molar-refractivity contribution in [3.63, 3.8) is 0 Å². The summed E-state index contributed by atoms with van der Waals surface area (Å²) in [4.78, 5) is 2.02. The third kappa shape index (κ3) is 2.44. The fourth-order valence-corrected chi connectivity index (χ4v) is 1.97. The highest BCUT2D eigenvalue weighted by atomic mass is 32.1. The van der Waals surface area contributed by atoms with Gasteiger partial charge in [0.25, 0.3) is 0 Å². The molecular formula is C12H16N2OS. The summed E-state index contributed by atoms with van der Waals surface area (Å²) in [5.41, 5.74) is 6.79. The first-order valence-corrected chi connectivity index (χ1v) is 5.94. The molecule has 0 bridgehead atoms. The topological polar surface area (TPSA) is 38.5 Å². The molecule has 1 saturated carbocycles. The number of nitrogens with zero attached hydrogens (tertiary/aromatic N) is 1. The van der Waals surface area contributed by atoms with Gasteiger partial charge >= 0.3 is 0 Å². The third-order valence-corrected chi connectivity index (χ3v) is 2.77. The zero-order valence-corrected chi connectivity index (χ0v) is 10.2. The lowest BCUT2D eigenvalue weighted by molar-refractivity contribution is 0.340. The summed E-state index contributed by atoms with van der Waals surface area (Å²) in [6.07, 6.45) is 2.34. The molecule has 86 valence electrons. The molecule has 16 heavy (non-hydrogen) atoms. The van der Waals surface area contributed by atoms with Crippen LogP contribution in [0.5, 0.6) is 5.75 Å². The minimum atomic E-state index is 0.451. The van der Waals surface area contributed by atoms with Gasteiger partial charge in [0.2, 0.25) is 0 Å². The van der Waals surface area contributed by atoms with Crippen LogP contribution in [0.4, 0.5) is 5.69 Å². The van der Waals surface area contributed by atoms with Crippen LogP contribution in [0.3, 0.4) is 0 Å². The van der Waals surface area contributed by atoms with Crippen molar-refractivity contribution in [2.24, 2.45) is 5.73 Å². The van der Waals surface area contributed by atoms with E-state index >= 15 is 0 Å². The van der Waals surface area contributed by atoms with Crippen LogP contribution in [-0.2, 0) is 0 Å². The molecule has 1 aliphatic carbocycles. The Morgan fingerprint density at radius 1 is 1.44 bits per heavy atom. The second-order valence-corrected chi connectivity index (χ2v) is 4.28. The number of thiocarbonyl (C=S) groups is 1. The normalized spacial score (nSPS) is 14.6. The molecule has 0 radical (unpaired) electrons. The highest BCUT2D eigenvalue weighted by molar-refractivity contribution is 7.80. The number of hydrogen-bond acceptors (Lipinski definition) is 2. The zero-order chi connectivity index (χ0) is 11.5. The van der Waals surface area contributed by atoms with E-state index in [0.29, 0.717) is 17.8 Å². The van der Waals surface area contributed by atoms with Crippen molar-refractivity contribution in [2.75, 3.05) is 11.5 Å². The summed E-state index contributed by atoms with van der Waals surface area (Å²) in [7, 11) is 0. The van der Waals surface area contributed by atoms with Crippen molar-refractivity contribution < 1.29 is 4.74 Å². The van der Waals surface area contributed by atoms with Crippen LogP contribution < -0.4 is 15.4 Å². The molecule has 3 nitrogen and oxygen atoms in total. The molecule has 0 spiro atoms. The summed E-state index contributed by atoms with van der Waals surface area (Å²) in [6.45, 7) is 2.65. The second-order valence-electron chi connectivity index (χ2n) is 3.87. The summed E-state index contributed by atoms with van der Waals surface area (Å²) < 4.78 is 5.39. The average Bonchev–Trinajstić information content (AvgIpc) is 3.05. The molecule has 2 N–H and O–H groups in total. The van der Waals surface area contributed by atoms with Gasteiger partial charge in [-0.2, -0.15) is 0 Å². The molecule has 1 aromatic carbocycles. The Labute approximate surface area is 101 Å². The second kappa shape index (κ2) is 4.70. The molecule has 0 aromatic heterocycles. The van der Waals surface area contributed by atoms with Crippen LogP contribution in [0.25, 0.3) is 0 Å². The van der Waals surface area contributed by atoms with E-state index in [4.69, 9.17) is 22.7 Å². The molecule has 1 aromatic rings. The molecule has 0 unspecified atom stereocenters. The molecule has 1 aliphatic rings. The lowest BCUT2D eigenvalue weighted by Crippen LogP contribution is -2.37. The van der Waals surface area contributed by atoms with E-state index in [1.165, 1.54) is 12.8 Å². The molecule has 0 amide bonds. The summed E-state index contributed by atoms with van der Waals surface area (Å²) >= 11 is 5.07. The third-order valence-electron chi connectivity index (χ3n) is 2.58.